The third-order valence-electron chi connectivity index (χ3n) is 5.49. The Bertz CT molecular complexity index is 1280. The Morgan fingerprint density at radius 2 is 1.28 bits per heavy atom. The standard InChI is InChI=1S/C23H28N6O10/c24-12(5-10-9-26-13-4-2-1-3-11(10)13)20(35)27-14(7-18(31)32)21(36)28-15(8-19(33)34)22(37)29-16(23(38)39)6-17(25)30/h1-4,9,12,14-16,26H,5-8,24H2,(H2,25,30)(H,27,35)(H,28,36)(H,29,37)(H,31,32)(H,33,34)(H,38,39)/t12-,14-,15-,16-/m0/s1. The number of nitrogens with one attached hydrogen (secondary N) is 4. The fourth-order valence-electron chi connectivity index (χ4n) is 3.62. The molecule has 0 bridgehead atoms. The third-order valence-corrected chi connectivity index (χ3v) is 5.49. The molecule has 0 unspecified atom stereocenters. The van der Waals surface area contributed by atoms with E-state index in [1.165, 1.54) is 0 Å². The van der Waals surface area contributed by atoms with Gasteiger partial charge in [-0.15, -0.1) is 0 Å². The Labute approximate surface area is 220 Å². The summed E-state index contributed by atoms with van der Waals surface area (Å²) in [6, 6.07) is 0.520. The molecule has 0 aliphatic rings. The number of para-hydroxylation sites is 1. The lowest BCUT2D eigenvalue weighted by Crippen LogP contribution is -2.58. The lowest BCUT2D eigenvalue weighted by molar-refractivity contribution is -0.145. The molecule has 39 heavy (non-hydrogen) atoms. The number of carbonyl (C=O) groups is 7. The topological polar surface area (TPSA) is 284 Å². The number of carbonyl (C=O) groups excluding carboxylic acids is 4. The summed E-state index contributed by atoms with van der Waals surface area (Å²) < 4.78 is 0. The van der Waals surface area contributed by atoms with Gasteiger partial charge < -0.3 is 47.7 Å². The van der Waals surface area contributed by atoms with Crippen LogP contribution in [-0.4, -0.2) is 86.0 Å². The molecule has 210 valence electrons. The summed E-state index contributed by atoms with van der Waals surface area (Å²) in [4.78, 5) is 86.0. The second-order valence-electron chi connectivity index (χ2n) is 8.56. The molecule has 0 spiro atoms. The summed E-state index contributed by atoms with van der Waals surface area (Å²) in [5.41, 5.74) is 12.4. The van der Waals surface area contributed by atoms with Crippen LogP contribution in [0.5, 0.6) is 0 Å². The number of rotatable bonds is 15. The lowest BCUT2D eigenvalue weighted by atomic mass is 10.0. The van der Waals surface area contributed by atoms with Gasteiger partial charge in [0.05, 0.1) is 25.3 Å². The molecular weight excluding hydrogens is 520 g/mol. The number of aromatic nitrogens is 1. The van der Waals surface area contributed by atoms with Gasteiger partial charge in [0, 0.05) is 17.1 Å². The maximum atomic E-state index is 12.8. The number of nitrogens with two attached hydrogens (primary N) is 2. The van der Waals surface area contributed by atoms with Crippen molar-refractivity contribution in [3.63, 3.8) is 0 Å². The number of aromatic amines is 1. The fraction of sp³-hybridized carbons (Fsp3) is 0.348. The van der Waals surface area contributed by atoms with Gasteiger partial charge in [0.1, 0.15) is 18.1 Å². The summed E-state index contributed by atoms with van der Waals surface area (Å²) in [5, 5.41) is 34.4. The molecule has 0 radical (unpaired) electrons. The van der Waals surface area contributed by atoms with Crippen molar-refractivity contribution in [1.82, 2.24) is 20.9 Å². The first-order chi connectivity index (χ1) is 18.3. The van der Waals surface area contributed by atoms with Crippen molar-refractivity contribution in [2.24, 2.45) is 11.5 Å². The molecule has 11 N–H and O–H groups in total. The molecule has 0 aliphatic carbocycles. The maximum absolute atomic E-state index is 12.8. The number of carboxylic acids is 3. The smallest absolute Gasteiger partial charge is 0.326 e. The molecule has 1 heterocycles. The van der Waals surface area contributed by atoms with E-state index < -0.39 is 85.0 Å². The van der Waals surface area contributed by atoms with Crippen molar-refractivity contribution in [2.75, 3.05) is 0 Å². The summed E-state index contributed by atoms with van der Waals surface area (Å²) in [5.74, 6) is -9.24. The van der Waals surface area contributed by atoms with E-state index in [1.54, 1.807) is 18.3 Å². The Balaban J connectivity index is 2.15. The van der Waals surface area contributed by atoms with E-state index in [2.05, 4.69) is 10.3 Å². The van der Waals surface area contributed by atoms with Gasteiger partial charge in [-0.3, -0.25) is 28.8 Å². The summed E-state index contributed by atoms with van der Waals surface area (Å²) >= 11 is 0. The monoisotopic (exact) mass is 548 g/mol. The Hall–Kier alpha value is -4.99. The van der Waals surface area contributed by atoms with Gasteiger partial charge in [0.25, 0.3) is 0 Å². The minimum Gasteiger partial charge on any atom is -0.481 e. The predicted octanol–water partition coefficient (Wildman–Crippen LogP) is -2.60. The van der Waals surface area contributed by atoms with Crippen molar-refractivity contribution in [1.29, 1.82) is 0 Å². The summed E-state index contributed by atoms with van der Waals surface area (Å²) in [7, 11) is 0. The molecule has 1 aromatic heterocycles. The van der Waals surface area contributed by atoms with E-state index in [1.807, 2.05) is 22.8 Å². The zero-order chi connectivity index (χ0) is 29.3. The third kappa shape index (κ3) is 9.12. The number of amides is 4. The van der Waals surface area contributed by atoms with Gasteiger partial charge in [-0.05, 0) is 18.1 Å². The van der Waals surface area contributed by atoms with Crippen molar-refractivity contribution < 1.29 is 48.9 Å². The van der Waals surface area contributed by atoms with Crippen molar-refractivity contribution in [3.8, 4) is 0 Å². The van der Waals surface area contributed by atoms with E-state index in [0.29, 0.717) is 5.56 Å². The van der Waals surface area contributed by atoms with E-state index in [9.17, 15) is 38.7 Å². The molecule has 1 aromatic carbocycles. The first kappa shape index (κ1) is 30.2. The average molecular weight is 549 g/mol. The maximum Gasteiger partial charge on any atom is 0.326 e. The molecule has 0 aliphatic heterocycles. The van der Waals surface area contributed by atoms with Gasteiger partial charge >= 0.3 is 17.9 Å². The number of fused-ring (bicyclic) bond motifs is 1. The van der Waals surface area contributed by atoms with Gasteiger partial charge in [-0.2, -0.15) is 0 Å². The minimum atomic E-state index is -1.89. The van der Waals surface area contributed by atoms with Crippen LogP contribution >= 0.6 is 0 Å². The SMILES string of the molecule is NC(=O)C[C@H](NC(=O)[C@H](CC(=O)O)NC(=O)[C@H](CC(=O)O)NC(=O)[C@@H](N)Cc1c[nH]c2ccccc12)C(=O)O. The quantitative estimate of drug-likeness (QED) is 0.111. The van der Waals surface area contributed by atoms with Crippen LogP contribution in [0.4, 0.5) is 0 Å². The molecule has 0 saturated heterocycles. The number of aliphatic carboxylic acids is 3. The zero-order valence-corrected chi connectivity index (χ0v) is 20.4. The van der Waals surface area contributed by atoms with Crippen LogP contribution in [0, 0.1) is 0 Å². The van der Waals surface area contributed by atoms with Gasteiger partial charge in [0.15, 0.2) is 0 Å². The van der Waals surface area contributed by atoms with E-state index >= 15 is 0 Å². The fourth-order valence-corrected chi connectivity index (χ4v) is 3.62. The Kier molecular flexibility index (Phi) is 10.5. The molecular formula is C23H28N6O10. The van der Waals surface area contributed by atoms with Crippen LogP contribution in [0.2, 0.25) is 0 Å². The largest absolute Gasteiger partial charge is 0.481 e. The number of benzene rings is 1. The van der Waals surface area contributed by atoms with Crippen LogP contribution in [0.1, 0.15) is 24.8 Å². The second-order valence-corrected chi connectivity index (χ2v) is 8.56. The normalized spacial score (nSPS) is 13.9. The van der Waals surface area contributed by atoms with Crippen LogP contribution in [0.3, 0.4) is 0 Å². The predicted molar refractivity (Wildman–Crippen MR) is 132 cm³/mol. The number of primary amides is 1. The molecule has 4 atom stereocenters. The summed E-state index contributed by atoms with van der Waals surface area (Å²) in [6.45, 7) is 0. The first-order valence-corrected chi connectivity index (χ1v) is 11.4. The highest BCUT2D eigenvalue weighted by Gasteiger charge is 2.33. The molecule has 16 heteroatoms. The number of carboxylic acid groups (broad SMARTS) is 3. The first-order valence-electron chi connectivity index (χ1n) is 11.4. The zero-order valence-electron chi connectivity index (χ0n) is 20.4. The van der Waals surface area contributed by atoms with E-state index in [-0.39, 0.29) is 6.42 Å². The van der Waals surface area contributed by atoms with Crippen molar-refractivity contribution in [3.05, 3.63) is 36.0 Å². The lowest BCUT2D eigenvalue weighted by Gasteiger charge is -2.23. The average Bonchev–Trinajstić information content (AvgIpc) is 3.24. The van der Waals surface area contributed by atoms with Crippen LogP contribution in [-0.2, 0) is 40.0 Å². The molecule has 2 rings (SSSR count). The van der Waals surface area contributed by atoms with Gasteiger partial charge in [-0.1, -0.05) is 18.2 Å². The second kappa shape index (κ2) is 13.5. The van der Waals surface area contributed by atoms with Crippen molar-refractivity contribution in [2.45, 2.75) is 49.9 Å². The van der Waals surface area contributed by atoms with Crippen molar-refractivity contribution >= 4 is 52.4 Å². The summed E-state index contributed by atoms with van der Waals surface area (Å²) in [6.07, 6.45) is -1.12. The molecule has 0 fully saturated rings. The Morgan fingerprint density at radius 1 is 0.769 bits per heavy atom. The molecule has 4 amide bonds. The van der Waals surface area contributed by atoms with Crippen LogP contribution in [0.25, 0.3) is 10.9 Å². The van der Waals surface area contributed by atoms with Gasteiger partial charge in [-0.25, -0.2) is 4.79 Å². The molecule has 0 saturated carbocycles. The number of hydrogen-bond donors (Lipinski definition) is 9. The van der Waals surface area contributed by atoms with E-state index in [0.717, 1.165) is 10.9 Å². The van der Waals surface area contributed by atoms with Crippen LogP contribution < -0.4 is 27.4 Å². The molecule has 2 aromatic rings. The highest BCUT2D eigenvalue weighted by Crippen LogP contribution is 2.18. The minimum absolute atomic E-state index is 0.0255. The van der Waals surface area contributed by atoms with Crippen LogP contribution in [0.15, 0.2) is 30.5 Å². The number of hydrogen-bond acceptors (Lipinski definition) is 8. The van der Waals surface area contributed by atoms with E-state index in [4.69, 9.17) is 21.7 Å². The van der Waals surface area contributed by atoms with Gasteiger partial charge in [0.2, 0.25) is 23.6 Å². The number of H-pyrrole nitrogens is 1. The molecule has 16 nitrogen and oxygen atoms in total. The Morgan fingerprint density at radius 3 is 1.79 bits per heavy atom. The highest BCUT2D eigenvalue weighted by atomic mass is 16.4. The highest BCUT2D eigenvalue weighted by molar-refractivity contribution is 5.97.